The third kappa shape index (κ3) is 5.26. The van der Waals surface area contributed by atoms with Gasteiger partial charge in [-0.15, -0.1) is 5.10 Å². The highest BCUT2D eigenvalue weighted by atomic mass is 19.1. The van der Waals surface area contributed by atoms with Crippen molar-refractivity contribution in [1.29, 1.82) is 0 Å². The van der Waals surface area contributed by atoms with Gasteiger partial charge in [0.15, 0.2) is 17.3 Å². The Kier molecular flexibility index (Phi) is 6.92. The Morgan fingerprint density at radius 2 is 1.74 bits per heavy atom. The average molecular weight is 521 g/mol. The molecule has 1 unspecified atom stereocenters. The van der Waals surface area contributed by atoms with Gasteiger partial charge in [-0.25, -0.2) is 9.07 Å². The number of benzene rings is 2. The smallest absolute Gasteiger partial charge is 0.252 e. The number of nitrogens with zero attached hydrogens (tertiary/aromatic N) is 5. The Bertz CT molecular complexity index is 1490. The molecule has 0 fully saturated rings. The Morgan fingerprint density at radius 3 is 2.39 bits per heavy atom. The van der Waals surface area contributed by atoms with Crippen LogP contribution in [0.5, 0.6) is 11.5 Å². The topological polar surface area (TPSA) is 98.2 Å². The minimum Gasteiger partial charge on any atom is -0.486 e. The van der Waals surface area contributed by atoms with E-state index in [-0.39, 0.29) is 28.9 Å². The molecule has 38 heavy (non-hydrogen) atoms. The van der Waals surface area contributed by atoms with E-state index < -0.39 is 0 Å². The molecule has 2 aromatic carbocycles. The number of fused-ring (bicyclic) bond motifs is 2. The minimum atomic E-state index is -0.338. The lowest BCUT2D eigenvalue weighted by Crippen LogP contribution is -2.37. The summed E-state index contributed by atoms with van der Waals surface area (Å²) in [6.07, 6.45) is 0. The molecule has 2 aromatic heterocycles. The van der Waals surface area contributed by atoms with E-state index in [9.17, 15) is 9.18 Å². The number of tetrazole rings is 1. The maximum Gasteiger partial charge on any atom is 0.252 e. The number of ether oxygens (including phenoxy) is 2. The van der Waals surface area contributed by atoms with Crippen LogP contribution < -0.4 is 15.0 Å². The molecule has 4 aromatic rings. The van der Waals surface area contributed by atoms with Crippen LogP contribution >= 0.6 is 0 Å². The lowest BCUT2D eigenvalue weighted by Gasteiger charge is -2.35. The molecule has 0 spiro atoms. The van der Waals surface area contributed by atoms with Crippen molar-refractivity contribution in [3.05, 3.63) is 75.6 Å². The fraction of sp³-hybridized carbons (Fsp3) is 0.429. The largest absolute Gasteiger partial charge is 0.486 e. The van der Waals surface area contributed by atoms with Crippen molar-refractivity contribution in [3.63, 3.8) is 0 Å². The first-order valence-corrected chi connectivity index (χ1v) is 12.8. The van der Waals surface area contributed by atoms with Gasteiger partial charge in [-0.3, -0.25) is 9.69 Å². The SMILES string of the molecule is CC(C)C(c1nnnn1C(C)(C)C)N(Cc1ccc(F)cc1)Cc1cc2cc3c(cc2[nH]c1=O)OCCO3. The predicted octanol–water partition coefficient (Wildman–Crippen LogP) is 4.58. The number of nitrogens with one attached hydrogen (secondary N) is 1. The number of aromatic nitrogens is 5. The molecule has 1 N–H and O–H groups in total. The number of hydrogen-bond acceptors (Lipinski definition) is 7. The summed E-state index contributed by atoms with van der Waals surface area (Å²) in [5.74, 6) is 1.82. The fourth-order valence-corrected chi connectivity index (χ4v) is 4.94. The van der Waals surface area contributed by atoms with Crippen LogP contribution in [0.15, 0.2) is 47.3 Å². The van der Waals surface area contributed by atoms with Gasteiger partial charge in [-0.05, 0) is 66.9 Å². The molecule has 5 rings (SSSR count). The molecule has 0 saturated heterocycles. The van der Waals surface area contributed by atoms with Crippen molar-refractivity contribution in [2.75, 3.05) is 13.2 Å². The molecule has 0 amide bonds. The van der Waals surface area contributed by atoms with Gasteiger partial charge in [0.25, 0.3) is 5.56 Å². The summed E-state index contributed by atoms with van der Waals surface area (Å²) < 4.78 is 26.9. The zero-order chi connectivity index (χ0) is 27.0. The minimum absolute atomic E-state index is 0.111. The number of rotatable bonds is 7. The highest BCUT2D eigenvalue weighted by Crippen LogP contribution is 2.35. The van der Waals surface area contributed by atoms with Gasteiger partial charge in [0.2, 0.25) is 0 Å². The third-order valence-corrected chi connectivity index (χ3v) is 6.67. The second-order valence-electron chi connectivity index (χ2n) is 11.0. The van der Waals surface area contributed by atoms with Crippen LogP contribution in [0.25, 0.3) is 10.9 Å². The van der Waals surface area contributed by atoms with Crippen molar-refractivity contribution >= 4 is 10.9 Å². The zero-order valence-electron chi connectivity index (χ0n) is 22.4. The van der Waals surface area contributed by atoms with Crippen molar-refractivity contribution in [2.24, 2.45) is 5.92 Å². The number of H-pyrrole nitrogens is 1. The summed E-state index contributed by atoms with van der Waals surface area (Å²) in [4.78, 5) is 18.5. The van der Waals surface area contributed by atoms with Crippen LogP contribution in [-0.2, 0) is 18.6 Å². The van der Waals surface area contributed by atoms with E-state index in [4.69, 9.17) is 9.47 Å². The monoisotopic (exact) mass is 520 g/mol. The van der Waals surface area contributed by atoms with Gasteiger partial charge >= 0.3 is 0 Å². The van der Waals surface area contributed by atoms with E-state index in [1.54, 1.807) is 18.2 Å². The van der Waals surface area contributed by atoms with E-state index >= 15 is 0 Å². The zero-order valence-corrected chi connectivity index (χ0v) is 22.4. The molecule has 0 aliphatic carbocycles. The molecule has 0 radical (unpaired) electrons. The molecule has 1 aliphatic rings. The van der Waals surface area contributed by atoms with Crippen molar-refractivity contribution in [1.82, 2.24) is 30.1 Å². The molecule has 200 valence electrons. The Balaban J connectivity index is 1.58. The summed E-state index contributed by atoms with van der Waals surface area (Å²) in [5, 5.41) is 13.6. The lowest BCUT2D eigenvalue weighted by molar-refractivity contribution is 0.119. The first-order chi connectivity index (χ1) is 18.1. The van der Waals surface area contributed by atoms with Gasteiger partial charge in [0, 0.05) is 30.1 Å². The van der Waals surface area contributed by atoms with E-state index in [0.29, 0.717) is 54.7 Å². The molecule has 10 heteroatoms. The Labute approximate surface area is 220 Å². The summed E-state index contributed by atoms with van der Waals surface area (Å²) in [6.45, 7) is 12.1. The number of aromatic amines is 1. The number of hydrogen-bond donors (Lipinski definition) is 1. The molecule has 1 aliphatic heterocycles. The Morgan fingerprint density at radius 1 is 1.05 bits per heavy atom. The first-order valence-electron chi connectivity index (χ1n) is 12.8. The maximum atomic E-state index is 13.7. The van der Waals surface area contributed by atoms with Crippen LogP contribution in [0.1, 0.15) is 57.6 Å². The van der Waals surface area contributed by atoms with E-state index in [0.717, 1.165) is 10.9 Å². The summed E-state index contributed by atoms with van der Waals surface area (Å²) in [7, 11) is 0. The maximum absolute atomic E-state index is 13.7. The molecule has 9 nitrogen and oxygen atoms in total. The lowest BCUT2D eigenvalue weighted by atomic mass is 9.98. The number of pyridine rings is 1. The van der Waals surface area contributed by atoms with Gasteiger partial charge in [-0.1, -0.05) is 26.0 Å². The van der Waals surface area contributed by atoms with Gasteiger partial charge in [0.05, 0.1) is 17.1 Å². The molecule has 1 atom stereocenters. The Hall–Kier alpha value is -3.79. The molecule has 0 bridgehead atoms. The van der Waals surface area contributed by atoms with Crippen LogP contribution in [0.4, 0.5) is 4.39 Å². The van der Waals surface area contributed by atoms with E-state index in [2.05, 4.69) is 60.0 Å². The van der Waals surface area contributed by atoms with Gasteiger partial charge in [-0.2, -0.15) is 0 Å². The van der Waals surface area contributed by atoms with Crippen LogP contribution in [0.2, 0.25) is 0 Å². The van der Waals surface area contributed by atoms with Crippen molar-refractivity contribution in [3.8, 4) is 11.5 Å². The highest BCUT2D eigenvalue weighted by Gasteiger charge is 2.33. The van der Waals surface area contributed by atoms with Crippen LogP contribution in [0, 0.1) is 11.7 Å². The summed E-state index contributed by atoms with van der Waals surface area (Å²) in [5.41, 5.74) is 1.68. The fourth-order valence-electron chi connectivity index (χ4n) is 4.94. The average Bonchev–Trinajstić information content (AvgIpc) is 3.34. The van der Waals surface area contributed by atoms with Gasteiger partial charge in [0.1, 0.15) is 19.0 Å². The predicted molar refractivity (Wildman–Crippen MR) is 142 cm³/mol. The first kappa shape index (κ1) is 25.8. The van der Waals surface area contributed by atoms with Crippen LogP contribution in [-0.4, -0.2) is 43.3 Å². The van der Waals surface area contributed by atoms with Gasteiger partial charge < -0.3 is 14.5 Å². The third-order valence-electron chi connectivity index (χ3n) is 6.67. The van der Waals surface area contributed by atoms with Crippen LogP contribution in [0.3, 0.4) is 0 Å². The normalized spacial score (nSPS) is 14.4. The van der Waals surface area contributed by atoms with Crippen molar-refractivity contribution < 1.29 is 13.9 Å². The summed E-state index contributed by atoms with van der Waals surface area (Å²) in [6, 6.07) is 11.8. The highest BCUT2D eigenvalue weighted by molar-refractivity contribution is 5.83. The van der Waals surface area contributed by atoms with E-state index in [1.165, 1.54) is 12.1 Å². The van der Waals surface area contributed by atoms with E-state index in [1.807, 2.05) is 16.8 Å². The quantitative estimate of drug-likeness (QED) is 0.381. The standard InChI is InChI=1S/C28H33FN6O3/c1-17(2)25(26-31-32-33-35(26)28(3,4)5)34(15-18-6-8-21(29)9-7-18)16-20-12-19-13-23-24(38-11-10-37-23)14-22(19)30-27(20)36/h6-9,12-14,17,25H,10-11,15-16H2,1-5H3,(H,30,36). The van der Waals surface area contributed by atoms with Crippen molar-refractivity contribution in [2.45, 2.75) is 59.3 Å². The summed E-state index contributed by atoms with van der Waals surface area (Å²) >= 11 is 0. The second-order valence-corrected chi connectivity index (χ2v) is 11.0. The molecular weight excluding hydrogens is 487 g/mol. The molecule has 3 heterocycles. The number of halogens is 1. The molecular formula is C28H33FN6O3. The second kappa shape index (κ2) is 10.2. The molecule has 0 saturated carbocycles.